The number of nitrogens with zero attached hydrogens (tertiary/aromatic N) is 2. The molecule has 2 aromatic heterocycles. The average molecular weight is 452 g/mol. The third-order valence-corrected chi connectivity index (χ3v) is 6.34. The van der Waals surface area contributed by atoms with Crippen molar-refractivity contribution in [3.8, 4) is 39.2 Å². The zero-order valence-corrected chi connectivity index (χ0v) is 18.6. The molecule has 1 N–H and O–H groups in total. The lowest BCUT2D eigenvalue weighted by Crippen LogP contribution is -2.01. The van der Waals surface area contributed by atoms with Gasteiger partial charge in [0.15, 0.2) is 23.0 Å². The molecule has 1 aliphatic heterocycles. The quantitative estimate of drug-likeness (QED) is 0.432. The van der Waals surface area contributed by atoms with E-state index in [1.807, 2.05) is 36.4 Å². The number of rotatable bonds is 7. The topological polar surface area (TPSA) is 84.0 Å². The Kier molecular flexibility index (Phi) is 5.32. The maximum atomic E-state index is 5.66. The van der Waals surface area contributed by atoms with Crippen LogP contribution in [0.25, 0.3) is 20.7 Å². The first-order valence-electron chi connectivity index (χ1n) is 9.88. The summed E-state index contributed by atoms with van der Waals surface area (Å²) >= 11 is 1.59. The number of nitrogens with one attached hydrogen (secondary N) is 1. The molecular formula is C23H21N3O5S. The van der Waals surface area contributed by atoms with Gasteiger partial charge in [0.2, 0.25) is 12.5 Å². The summed E-state index contributed by atoms with van der Waals surface area (Å²) in [5.74, 6) is 4.07. The van der Waals surface area contributed by atoms with Gasteiger partial charge in [-0.15, -0.1) is 11.3 Å². The van der Waals surface area contributed by atoms with Crippen molar-refractivity contribution in [1.29, 1.82) is 0 Å². The maximum absolute atomic E-state index is 5.66. The average Bonchev–Trinajstić information content (AvgIpc) is 3.48. The maximum Gasteiger partial charge on any atom is 0.231 e. The van der Waals surface area contributed by atoms with Crippen molar-refractivity contribution >= 4 is 27.4 Å². The molecule has 0 unspecified atom stereocenters. The van der Waals surface area contributed by atoms with Crippen LogP contribution in [0.3, 0.4) is 0 Å². The highest BCUT2D eigenvalue weighted by Gasteiger charge is 2.20. The number of thiophene rings is 1. The molecule has 0 amide bonds. The fourth-order valence-corrected chi connectivity index (χ4v) is 4.74. The number of anilines is 1. The van der Waals surface area contributed by atoms with Crippen molar-refractivity contribution in [2.75, 3.05) is 33.4 Å². The first kappa shape index (κ1) is 20.2. The van der Waals surface area contributed by atoms with Crippen LogP contribution in [-0.4, -0.2) is 38.1 Å². The molecule has 5 rings (SSSR count). The van der Waals surface area contributed by atoms with Gasteiger partial charge in [-0.1, -0.05) is 6.07 Å². The lowest BCUT2D eigenvalue weighted by Gasteiger charge is -2.14. The molecule has 164 valence electrons. The Balaban J connectivity index is 1.47. The third kappa shape index (κ3) is 3.50. The highest BCUT2D eigenvalue weighted by atomic mass is 32.1. The Morgan fingerprint density at radius 2 is 1.78 bits per heavy atom. The monoisotopic (exact) mass is 451 g/mol. The van der Waals surface area contributed by atoms with Crippen LogP contribution in [-0.2, 0) is 6.54 Å². The molecule has 4 aromatic rings. The molecule has 0 fully saturated rings. The number of fused-ring (bicyclic) bond motifs is 2. The van der Waals surface area contributed by atoms with Gasteiger partial charge in [0.1, 0.15) is 12.1 Å². The minimum atomic E-state index is 0.260. The van der Waals surface area contributed by atoms with Crippen LogP contribution < -0.4 is 29.0 Å². The second-order valence-corrected chi connectivity index (χ2v) is 8.02. The summed E-state index contributed by atoms with van der Waals surface area (Å²) < 4.78 is 28.4. The Bertz CT molecular complexity index is 1290. The van der Waals surface area contributed by atoms with E-state index in [0.717, 1.165) is 43.5 Å². The molecule has 32 heavy (non-hydrogen) atoms. The number of ether oxygens (including phenoxy) is 5. The Labute approximate surface area is 188 Å². The van der Waals surface area contributed by atoms with Crippen molar-refractivity contribution in [3.05, 3.63) is 48.3 Å². The second kappa shape index (κ2) is 8.43. The normalized spacial score (nSPS) is 12.1. The van der Waals surface area contributed by atoms with E-state index in [4.69, 9.17) is 23.7 Å². The molecule has 8 nitrogen and oxygen atoms in total. The molecule has 0 atom stereocenters. The lowest BCUT2D eigenvalue weighted by atomic mass is 10.1. The van der Waals surface area contributed by atoms with Crippen molar-refractivity contribution < 1.29 is 23.7 Å². The van der Waals surface area contributed by atoms with Crippen LogP contribution in [0.5, 0.6) is 28.7 Å². The predicted molar refractivity (Wildman–Crippen MR) is 122 cm³/mol. The van der Waals surface area contributed by atoms with Crippen molar-refractivity contribution in [2.45, 2.75) is 6.54 Å². The molecule has 0 bridgehead atoms. The highest BCUT2D eigenvalue weighted by Crippen LogP contribution is 2.47. The van der Waals surface area contributed by atoms with Crippen LogP contribution >= 0.6 is 11.3 Å². The van der Waals surface area contributed by atoms with E-state index in [9.17, 15) is 0 Å². The Morgan fingerprint density at radius 1 is 0.938 bits per heavy atom. The lowest BCUT2D eigenvalue weighted by molar-refractivity contribution is 0.174. The van der Waals surface area contributed by atoms with Gasteiger partial charge in [-0.25, -0.2) is 9.97 Å². The van der Waals surface area contributed by atoms with Gasteiger partial charge in [0, 0.05) is 17.0 Å². The molecule has 0 aliphatic carbocycles. The fourth-order valence-electron chi connectivity index (χ4n) is 3.65. The summed E-state index contributed by atoms with van der Waals surface area (Å²) in [5, 5.41) is 3.42. The van der Waals surface area contributed by atoms with Crippen molar-refractivity contribution in [1.82, 2.24) is 9.97 Å². The molecular weight excluding hydrogens is 430 g/mol. The van der Waals surface area contributed by atoms with Crippen molar-refractivity contribution in [2.24, 2.45) is 0 Å². The molecule has 1 aliphatic rings. The molecule has 0 saturated carbocycles. The first-order valence-corrected chi connectivity index (χ1v) is 10.7. The van der Waals surface area contributed by atoms with Gasteiger partial charge >= 0.3 is 0 Å². The van der Waals surface area contributed by atoms with Gasteiger partial charge in [-0.2, -0.15) is 0 Å². The fraction of sp³-hybridized carbons (Fsp3) is 0.217. The zero-order chi connectivity index (χ0) is 22.1. The summed E-state index contributed by atoms with van der Waals surface area (Å²) in [4.78, 5) is 9.90. The molecule has 0 radical (unpaired) electrons. The number of aromatic nitrogens is 2. The summed E-state index contributed by atoms with van der Waals surface area (Å²) in [6.45, 7) is 0.853. The smallest absolute Gasteiger partial charge is 0.231 e. The van der Waals surface area contributed by atoms with E-state index in [2.05, 4.69) is 15.3 Å². The summed E-state index contributed by atoms with van der Waals surface area (Å²) in [7, 11) is 4.81. The number of methoxy groups -OCH3 is 3. The van der Waals surface area contributed by atoms with Gasteiger partial charge in [-0.3, -0.25) is 0 Å². The molecule has 0 saturated heterocycles. The van der Waals surface area contributed by atoms with E-state index >= 15 is 0 Å². The molecule has 2 aromatic carbocycles. The standard InChI is InChI=1S/C23H21N3O5S/c1-27-17-7-5-14(20(28-2)21(17)29-3)19-9-15-22(32-19)23(26-11-25-15)24-10-13-4-6-16-18(8-13)31-12-30-16/h4-9,11H,10,12H2,1-3H3,(H,24,25,26). The Hall–Kier alpha value is -3.72. The van der Waals surface area contributed by atoms with Crippen LogP contribution in [0.15, 0.2) is 42.7 Å². The highest BCUT2D eigenvalue weighted by molar-refractivity contribution is 7.22. The van der Waals surface area contributed by atoms with Gasteiger partial charge in [0.25, 0.3) is 0 Å². The summed E-state index contributed by atoms with van der Waals surface area (Å²) in [6, 6.07) is 11.7. The van der Waals surface area contributed by atoms with Crippen LogP contribution in [0.2, 0.25) is 0 Å². The molecule has 3 heterocycles. The van der Waals surface area contributed by atoms with Gasteiger partial charge < -0.3 is 29.0 Å². The minimum Gasteiger partial charge on any atom is -0.493 e. The van der Waals surface area contributed by atoms with E-state index in [1.165, 1.54) is 0 Å². The largest absolute Gasteiger partial charge is 0.493 e. The van der Waals surface area contributed by atoms with Crippen LogP contribution in [0.4, 0.5) is 5.82 Å². The van der Waals surface area contributed by atoms with E-state index in [0.29, 0.717) is 23.8 Å². The summed E-state index contributed by atoms with van der Waals surface area (Å²) in [6.07, 6.45) is 1.56. The summed E-state index contributed by atoms with van der Waals surface area (Å²) in [5.41, 5.74) is 2.82. The number of hydrogen-bond donors (Lipinski definition) is 1. The molecule has 9 heteroatoms. The second-order valence-electron chi connectivity index (χ2n) is 6.97. The van der Waals surface area contributed by atoms with Crippen LogP contribution in [0.1, 0.15) is 5.56 Å². The van der Waals surface area contributed by atoms with E-state index < -0.39 is 0 Å². The Morgan fingerprint density at radius 3 is 2.59 bits per heavy atom. The van der Waals surface area contributed by atoms with Gasteiger partial charge in [0.05, 0.1) is 31.5 Å². The first-order chi connectivity index (χ1) is 15.7. The zero-order valence-electron chi connectivity index (χ0n) is 17.8. The minimum absolute atomic E-state index is 0.260. The van der Waals surface area contributed by atoms with Gasteiger partial charge in [-0.05, 0) is 35.9 Å². The number of benzene rings is 2. The molecule has 0 spiro atoms. The van der Waals surface area contributed by atoms with E-state index in [1.54, 1.807) is 39.0 Å². The SMILES string of the molecule is COc1ccc(-c2cc3ncnc(NCc4ccc5c(c4)OCO5)c3s2)c(OC)c1OC. The van der Waals surface area contributed by atoms with Crippen molar-refractivity contribution in [3.63, 3.8) is 0 Å². The van der Waals surface area contributed by atoms with Crippen LogP contribution in [0, 0.1) is 0 Å². The predicted octanol–water partition coefficient (Wildman–Crippen LogP) is 4.72. The van der Waals surface area contributed by atoms with E-state index in [-0.39, 0.29) is 6.79 Å². The number of hydrogen-bond acceptors (Lipinski definition) is 9. The third-order valence-electron chi connectivity index (χ3n) is 5.18.